The van der Waals surface area contributed by atoms with Gasteiger partial charge >= 0.3 is 0 Å². The van der Waals surface area contributed by atoms with Gasteiger partial charge < -0.3 is 9.47 Å². The highest BCUT2D eigenvalue weighted by Crippen LogP contribution is 2.44. The van der Waals surface area contributed by atoms with Crippen molar-refractivity contribution < 1.29 is 9.47 Å². The van der Waals surface area contributed by atoms with Gasteiger partial charge in [-0.3, -0.25) is 0 Å². The molecule has 0 fully saturated rings. The monoisotopic (exact) mass is 308 g/mol. The molecule has 1 aromatic carbocycles. The van der Waals surface area contributed by atoms with Crippen molar-refractivity contribution >= 4 is 22.9 Å². The number of ether oxygens (including phenoxy) is 2. The van der Waals surface area contributed by atoms with Gasteiger partial charge in [-0.1, -0.05) is 19.9 Å². The highest BCUT2D eigenvalue weighted by molar-refractivity contribution is 7.10. The Morgan fingerprint density at radius 2 is 2.15 bits per heavy atom. The van der Waals surface area contributed by atoms with Crippen LogP contribution in [-0.4, -0.2) is 13.7 Å². The largest absolute Gasteiger partial charge is 0.496 e. The zero-order chi connectivity index (χ0) is 14.3. The van der Waals surface area contributed by atoms with Gasteiger partial charge in [0.1, 0.15) is 11.5 Å². The van der Waals surface area contributed by atoms with Gasteiger partial charge in [-0.15, -0.1) is 22.9 Å². The minimum atomic E-state index is -0.188. The average molecular weight is 309 g/mol. The molecule has 0 saturated heterocycles. The number of methoxy groups -OCH3 is 1. The molecule has 1 aliphatic heterocycles. The summed E-state index contributed by atoms with van der Waals surface area (Å²) in [4.78, 5) is 1.05. The molecule has 0 aliphatic carbocycles. The first-order chi connectivity index (χ1) is 9.53. The Hall–Kier alpha value is -1.19. The number of thiophene rings is 1. The molecule has 106 valence electrons. The van der Waals surface area contributed by atoms with E-state index in [0.29, 0.717) is 0 Å². The lowest BCUT2D eigenvalue weighted by molar-refractivity contribution is 0.291. The van der Waals surface area contributed by atoms with Crippen LogP contribution >= 0.6 is 22.9 Å². The molecule has 2 nitrogen and oxygen atoms in total. The highest BCUT2D eigenvalue weighted by atomic mass is 35.5. The molecule has 1 atom stereocenters. The Bertz CT molecular complexity index is 633. The zero-order valence-electron chi connectivity index (χ0n) is 11.8. The van der Waals surface area contributed by atoms with E-state index in [2.05, 4.69) is 19.9 Å². The Balaban J connectivity index is 2.00. The van der Waals surface area contributed by atoms with Crippen molar-refractivity contribution in [2.45, 2.75) is 24.6 Å². The van der Waals surface area contributed by atoms with E-state index in [4.69, 9.17) is 21.1 Å². The van der Waals surface area contributed by atoms with E-state index in [1.807, 2.05) is 23.6 Å². The van der Waals surface area contributed by atoms with Gasteiger partial charge in [0.2, 0.25) is 0 Å². The van der Waals surface area contributed by atoms with Crippen molar-refractivity contribution in [3.63, 3.8) is 0 Å². The average Bonchev–Trinajstić information content (AvgIpc) is 3.03. The molecule has 3 rings (SSSR count). The smallest absolute Gasteiger partial charge is 0.134 e. The molecule has 0 spiro atoms. The quantitative estimate of drug-likeness (QED) is 0.761. The molecule has 0 bridgehead atoms. The summed E-state index contributed by atoms with van der Waals surface area (Å²) in [6, 6.07) is 8.18. The molecule has 4 heteroatoms. The van der Waals surface area contributed by atoms with Crippen LogP contribution in [0, 0.1) is 0 Å². The second-order valence-corrected chi connectivity index (χ2v) is 7.03. The SMILES string of the molecule is COc1ccsc1C(Cl)c1ccc2c(c1)C(C)(C)CO2. The lowest BCUT2D eigenvalue weighted by Crippen LogP contribution is -2.18. The Morgan fingerprint density at radius 1 is 1.35 bits per heavy atom. The first kappa shape index (κ1) is 13.8. The van der Waals surface area contributed by atoms with Crippen molar-refractivity contribution in [1.29, 1.82) is 0 Å². The van der Waals surface area contributed by atoms with Gasteiger partial charge in [0.05, 0.1) is 24.0 Å². The van der Waals surface area contributed by atoms with E-state index in [-0.39, 0.29) is 10.8 Å². The number of alkyl halides is 1. The lowest BCUT2D eigenvalue weighted by Gasteiger charge is -2.17. The summed E-state index contributed by atoms with van der Waals surface area (Å²) < 4.78 is 11.1. The summed E-state index contributed by atoms with van der Waals surface area (Å²) in [6.45, 7) is 5.11. The van der Waals surface area contributed by atoms with Crippen molar-refractivity contribution in [1.82, 2.24) is 0 Å². The molecule has 1 unspecified atom stereocenters. The third-order valence-corrected chi connectivity index (χ3v) is 5.28. The van der Waals surface area contributed by atoms with Crippen LogP contribution in [0.4, 0.5) is 0 Å². The van der Waals surface area contributed by atoms with E-state index in [9.17, 15) is 0 Å². The number of halogens is 1. The van der Waals surface area contributed by atoms with Crippen LogP contribution in [0.3, 0.4) is 0 Å². The van der Waals surface area contributed by atoms with Crippen LogP contribution in [0.15, 0.2) is 29.6 Å². The van der Waals surface area contributed by atoms with Gasteiger partial charge in [0.15, 0.2) is 0 Å². The molecule has 2 heterocycles. The molecule has 1 aliphatic rings. The van der Waals surface area contributed by atoms with E-state index in [1.165, 1.54) is 5.56 Å². The van der Waals surface area contributed by atoms with Crippen molar-refractivity contribution in [2.75, 3.05) is 13.7 Å². The fraction of sp³-hybridized carbons (Fsp3) is 0.375. The zero-order valence-corrected chi connectivity index (χ0v) is 13.3. The third-order valence-electron chi connectivity index (χ3n) is 3.72. The van der Waals surface area contributed by atoms with Crippen molar-refractivity contribution in [2.24, 2.45) is 0 Å². The van der Waals surface area contributed by atoms with E-state index in [1.54, 1.807) is 18.4 Å². The lowest BCUT2D eigenvalue weighted by atomic mass is 9.86. The molecule has 0 amide bonds. The first-order valence-electron chi connectivity index (χ1n) is 6.55. The highest BCUT2D eigenvalue weighted by Gasteiger charge is 2.32. The van der Waals surface area contributed by atoms with Gasteiger partial charge in [0.25, 0.3) is 0 Å². The van der Waals surface area contributed by atoms with Gasteiger partial charge in [-0.25, -0.2) is 0 Å². The molecular weight excluding hydrogens is 292 g/mol. The summed E-state index contributed by atoms with van der Waals surface area (Å²) in [5, 5.41) is 1.82. The molecule has 1 aromatic heterocycles. The van der Waals surface area contributed by atoms with Gasteiger partial charge in [-0.2, -0.15) is 0 Å². The first-order valence-corrected chi connectivity index (χ1v) is 7.87. The van der Waals surface area contributed by atoms with Crippen LogP contribution in [-0.2, 0) is 5.41 Å². The predicted molar refractivity (Wildman–Crippen MR) is 83.5 cm³/mol. The molecule has 0 radical (unpaired) electrons. The van der Waals surface area contributed by atoms with Crippen LogP contribution < -0.4 is 9.47 Å². The molecular formula is C16H17ClO2S. The van der Waals surface area contributed by atoms with E-state index in [0.717, 1.165) is 28.5 Å². The summed E-state index contributed by atoms with van der Waals surface area (Å²) in [6.07, 6.45) is 0. The summed E-state index contributed by atoms with van der Waals surface area (Å²) in [5.74, 6) is 1.83. The molecule has 0 N–H and O–H groups in total. The number of hydrogen-bond acceptors (Lipinski definition) is 3. The van der Waals surface area contributed by atoms with Crippen LogP contribution in [0.25, 0.3) is 0 Å². The molecule has 0 saturated carbocycles. The van der Waals surface area contributed by atoms with Gasteiger partial charge in [-0.05, 0) is 29.1 Å². The maximum Gasteiger partial charge on any atom is 0.134 e. The van der Waals surface area contributed by atoms with Crippen LogP contribution in [0.2, 0.25) is 0 Å². The summed E-state index contributed by atoms with van der Waals surface area (Å²) in [7, 11) is 1.68. The van der Waals surface area contributed by atoms with Crippen LogP contribution in [0.5, 0.6) is 11.5 Å². The summed E-state index contributed by atoms with van der Waals surface area (Å²) >= 11 is 8.26. The van der Waals surface area contributed by atoms with E-state index < -0.39 is 0 Å². The maximum absolute atomic E-state index is 6.64. The van der Waals surface area contributed by atoms with Gasteiger partial charge in [0, 0.05) is 11.0 Å². The maximum atomic E-state index is 6.64. The Kier molecular flexibility index (Phi) is 3.43. The minimum absolute atomic E-state index is 0.0431. The molecule has 2 aromatic rings. The number of fused-ring (bicyclic) bond motifs is 1. The second kappa shape index (κ2) is 4.97. The Labute approximate surface area is 128 Å². The topological polar surface area (TPSA) is 18.5 Å². The van der Waals surface area contributed by atoms with Crippen molar-refractivity contribution in [3.8, 4) is 11.5 Å². The fourth-order valence-corrected chi connectivity index (χ4v) is 3.77. The predicted octanol–water partition coefficient (Wildman–Crippen LogP) is 4.75. The fourth-order valence-electron chi connectivity index (χ4n) is 2.51. The summed E-state index contributed by atoms with van der Waals surface area (Å²) in [5.41, 5.74) is 2.36. The third kappa shape index (κ3) is 2.19. The molecule has 20 heavy (non-hydrogen) atoms. The number of rotatable bonds is 3. The normalized spacial score (nSPS) is 17.4. The van der Waals surface area contributed by atoms with Crippen molar-refractivity contribution in [3.05, 3.63) is 45.6 Å². The van der Waals surface area contributed by atoms with E-state index >= 15 is 0 Å². The second-order valence-electron chi connectivity index (χ2n) is 5.64. The van der Waals surface area contributed by atoms with Crippen LogP contribution in [0.1, 0.15) is 35.2 Å². The number of hydrogen-bond donors (Lipinski definition) is 0. The number of benzene rings is 1. The standard InChI is InChI=1S/C16H17ClO2S/c1-16(2)9-19-12-5-4-10(8-11(12)16)14(17)15-13(18-3)6-7-20-15/h4-8,14H,9H2,1-3H3. The minimum Gasteiger partial charge on any atom is -0.496 e. The Morgan fingerprint density at radius 3 is 2.90 bits per heavy atom.